The first kappa shape index (κ1) is 14.4. The highest BCUT2D eigenvalue weighted by Gasteiger charge is 2.40. The van der Waals surface area contributed by atoms with E-state index < -0.39 is 12.1 Å². The molecule has 0 aliphatic carbocycles. The number of methoxy groups -OCH3 is 1. The Bertz CT molecular complexity index is 516. The fourth-order valence-corrected chi connectivity index (χ4v) is 2.53. The molecule has 0 bridgehead atoms. The van der Waals surface area contributed by atoms with Crippen molar-refractivity contribution in [3.05, 3.63) is 24.3 Å². The van der Waals surface area contributed by atoms with E-state index in [1.54, 1.807) is 18.1 Å². The third kappa shape index (κ3) is 2.35. The first-order chi connectivity index (χ1) is 9.63. The second-order valence-electron chi connectivity index (χ2n) is 4.77. The molecule has 108 valence electrons. The zero-order valence-electron chi connectivity index (χ0n) is 12.1. The van der Waals surface area contributed by atoms with Crippen molar-refractivity contribution in [2.45, 2.75) is 38.8 Å². The number of hydrogen-bond donors (Lipinski definition) is 1. The van der Waals surface area contributed by atoms with Crippen LogP contribution in [0.1, 0.15) is 26.7 Å². The summed E-state index contributed by atoms with van der Waals surface area (Å²) in [6.45, 7) is 3.78. The van der Waals surface area contributed by atoms with Crippen molar-refractivity contribution < 1.29 is 14.3 Å². The van der Waals surface area contributed by atoms with E-state index in [9.17, 15) is 9.59 Å². The van der Waals surface area contributed by atoms with E-state index in [0.29, 0.717) is 24.3 Å². The molecule has 1 aliphatic heterocycles. The lowest BCUT2D eigenvalue weighted by Gasteiger charge is -2.38. The van der Waals surface area contributed by atoms with Crippen LogP contribution in [0.4, 0.5) is 5.69 Å². The van der Waals surface area contributed by atoms with Crippen LogP contribution in [0.15, 0.2) is 24.3 Å². The van der Waals surface area contributed by atoms with E-state index in [-0.39, 0.29) is 11.8 Å². The lowest BCUT2D eigenvalue weighted by atomic mass is 10.0. The van der Waals surface area contributed by atoms with Crippen molar-refractivity contribution in [3.63, 3.8) is 0 Å². The van der Waals surface area contributed by atoms with Gasteiger partial charge in [0.2, 0.25) is 11.8 Å². The average molecular weight is 276 g/mol. The summed E-state index contributed by atoms with van der Waals surface area (Å²) in [4.78, 5) is 26.3. The Balaban J connectivity index is 2.48. The quantitative estimate of drug-likeness (QED) is 0.911. The SMILES string of the molecule is CCC1NC(=O)C(CC)N(c2ccccc2OC)C1=O. The molecule has 0 radical (unpaired) electrons. The number of nitrogens with zero attached hydrogens (tertiary/aromatic N) is 1. The molecule has 1 N–H and O–H groups in total. The third-order valence-electron chi connectivity index (χ3n) is 3.61. The number of rotatable bonds is 4. The van der Waals surface area contributed by atoms with Crippen LogP contribution in [-0.4, -0.2) is 31.0 Å². The van der Waals surface area contributed by atoms with E-state index in [1.165, 1.54) is 0 Å². The van der Waals surface area contributed by atoms with Crippen LogP contribution >= 0.6 is 0 Å². The maximum Gasteiger partial charge on any atom is 0.250 e. The van der Waals surface area contributed by atoms with Crippen LogP contribution in [0.2, 0.25) is 0 Å². The van der Waals surface area contributed by atoms with Crippen molar-refractivity contribution in [2.75, 3.05) is 12.0 Å². The fourth-order valence-electron chi connectivity index (χ4n) is 2.53. The van der Waals surface area contributed by atoms with E-state index in [4.69, 9.17) is 4.74 Å². The number of piperazine rings is 1. The summed E-state index contributed by atoms with van der Waals surface area (Å²) in [5, 5.41) is 2.78. The molecule has 1 saturated heterocycles. The molecule has 0 saturated carbocycles. The standard InChI is InChI=1S/C15H20N2O3/c1-4-10-15(19)17(11(5-2)14(18)16-10)12-8-6-7-9-13(12)20-3/h6-11H,4-5H2,1-3H3,(H,16,18). The van der Waals surface area contributed by atoms with Crippen LogP contribution in [0, 0.1) is 0 Å². The summed E-state index contributed by atoms with van der Waals surface area (Å²) >= 11 is 0. The molecule has 1 aromatic carbocycles. The Morgan fingerprint density at radius 2 is 1.90 bits per heavy atom. The van der Waals surface area contributed by atoms with Crippen molar-refractivity contribution in [2.24, 2.45) is 0 Å². The van der Waals surface area contributed by atoms with Crippen LogP contribution in [0.5, 0.6) is 5.75 Å². The number of para-hydroxylation sites is 2. The second-order valence-corrected chi connectivity index (χ2v) is 4.77. The molecule has 2 rings (SSSR count). The van der Waals surface area contributed by atoms with Crippen LogP contribution < -0.4 is 15.0 Å². The topological polar surface area (TPSA) is 58.6 Å². The van der Waals surface area contributed by atoms with Gasteiger partial charge in [0, 0.05) is 0 Å². The minimum absolute atomic E-state index is 0.0801. The van der Waals surface area contributed by atoms with E-state index >= 15 is 0 Å². The number of benzene rings is 1. The van der Waals surface area contributed by atoms with Gasteiger partial charge in [-0.15, -0.1) is 0 Å². The number of amides is 2. The smallest absolute Gasteiger partial charge is 0.250 e. The molecular weight excluding hydrogens is 256 g/mol. The average Bonchev–Trinajstić information content (AvgIpc) is 2.48. The second kappa shape index (κ2) is 5.94. The normalized spacial score (nSPS) is 22.6. The first-order valence-electron chi connectivity index (χ1n) is 6.90. The number of nitrogens with one attached hydrogen (secondary N) is 1. The number of carbonyl (C=O) groups is 2. The van der Waals surface area contributed by atoms with Gasteiger partial charge in [0.1, 0.15) is 17.8 Å². The van der Waals surface area contributed by atoms with Gasteiger partial charge in [0.15, 0.2) is 0 Å². The summed E-state index contributed by atoms with van der Waals surface area (Å²) in [7, 11) is 1.56. The van der Waals surface area contributed by atoms with Gasteiger partial charge >= 0.3 is 0 Å². The van der Waals surface area contributed by atoms with Crippen molar-refractivity contribution >= 4 is 17.5 Å². The molecule has 5 nitrogen and oxygen atoms in total. The lowest BCUT2D eigenvalue weighted by Crippen LogP contribution is -2.63. The molecule has 1 aromatic rings. The van der Waals surface area contributed by atoms with Gasteiger partial charge in [-0.25, -0.2) is 0 Å². The molecule has 2 atom stereocenters. The molecule has 20 heavy (non-hydrogen) atoms. The van der Waals surface area contributed by atoms with Gasteiger partial charge in [-0.05, 0) is 25.0 Å². The molecule has 2 amide bonds. The zero-order valence-corrected chi connectivity index (χ0v) is 12.1. The van der Waals surface area contributed by atoms with Gasteiger partial charge < -0.3 is 10.1 Å². The Kier molecular flexibility index (Phi) is 4.27. The number of anilines is 1. The fraction of sp³-hybridized carbons (Fsp3) is 0.467. The zero-order chi connectivity index (χ0) is 14.7. The van der Waals surface area contributed by atoms with Crippen LogP contribution in [-0.2, 0) is 9.59 Å². The third-order valence-corrected chi connectivity index (χ3v) is 3.61. The van der Waals surface area contributed by atoms with E-state index in [1.807, 2.05) is 32.0 Å². The molecule has 1 aliphatic rings. The maximum absolute atomic E-state index is 12.6. The highest BCUT2D eigenvalue weighted by molar-refractivity contribution is 6.09. The Morgan fingerprint density at radius 3 is 2.50 bits per heavy atom. The predicted octanol–water partition coefficient (Wildman–Crippen LogP) is 1.72. The van der Waals surface area contributed by atoms with Gasteiger partial charge in [-0.2, -0.15) is 0 Å². The summed E-state index contributed by atoms with van der Waals surface area (Å²) in [6, 6.07) is 6.34. The van der Waals surface area contributed by atoms with Gasteiger partial charge in [-0.3, -0.25) is 14.5 Å². The van der Waals surface area contributed by atoms with Crippen molar-refractivity contribution in [1.29, 1.82) is 0 Å². The Labute approximate surface area is 118 Å². The Hall–Kier alpha value is -2.04. The highest BCUT2D eigenvalue weighted by Crippen LogP contribution is 2.32. The molecule has 5 heteroatoms. The highest BCUT2D eigenvalue weighted by atomic mass is 16.5. The summed E-state index contributed by atoms with van der Waals surface area (Å²) in [5.41, 5.74) is 0.653. The molecule has 0 aromatic heterocycles. The van der Waals surface area contributed by atoms with Crippen molar-refractivity contribution in [1.82, 2.24) is 5.32 Å². The summed E-state index contributed by atoms with van der Waals surface area (Å²) in [5.74, 6) is 0.414. The van der Waals surface area contributed by atoms with Crippen molar-refractivity contribution in [3.8, 4) is 5.75 Å². The molecule has 0 spiro atoms. The number of carbonyl (C=O) groups excluding carboxylic acids is 2. The lowest BCUT2D eigenvalue weighted by molar-refractivity contribution is -0.134. The summed E-state index contributed by atoms with van der Waals surface area (Å²) in [6.07, 6.45) is 1.14. The van der Waals surface area contributed by atoms with Crippen LogP contribution in [0.25, 0.3) is 0 Å². The minimum Gasteiger partial charge on any atom is -0.495 e. The molecule has 1 heterocycles. The molecular formula is C15H20N2O3. The molecule has 1 fully saturated rings. The van der Waals surface area contributed by atoms with Gasteiger partial charge in [-0.1, -0.05) is 26.0 Å². The molecule has 2 unspecified atom stereocenters. The van der Waals surface area contributed by atoms with Gasteiger partial charge in [0.05, 0.1) is 12.8 Å². The predicted molar refractivity (Wildman–Crippen MR) is 76.8 cm³/mol. The largest absolute Gasteiger partial charge is 0.495 e. The number of ether oxygens (including phenoxy) is 1. The summed E-state index contributed by atoms with van der Waals surface area (Å²) < 4.78 is 5.32. The first-order valence-corrected chi connectivity index (χ1v) is 6.90. The monoisotopic (exact) mass is 276 g/mol. The maximum atomic E-state index is 12.6. The Morgan fingerprint density at radius 1 is 1.20 bits per heavy atom. The van der Waals surface area contributed by atoms with Gasteiger partial charge in [0.25, 0.3) is 0 Å². The van der Waals surface area contributed by atoms with E-state index in [0.717, 1.165) is 0 Å². The van der Waals surface area contributed by atoms with Crippen LogP contribution in [0.3, 0.4) is 0 Å². The minimum atomic E-state index is -0.485. The van der Waals surface area contributed by atoms with E-state index in [2.05, 4.69) is 5.32 Å². The number of hydrogen-bond acceptors (Lipinski definition) is 3.